The zero-order valence-corrected chi connectivity index (χ0v) is 9.46. The van der Waals surface area contributed by atoms with Crippen LogP contribution in [-0.4, -0.2) is 17.2 Å². The van der Waals surface area contributed by atoms with Crippen molar-refractivity contribution in [1.29, 1.82) is 0 Å². The van der Waals surface area contributed by atoms with Crippen LogP contribution in [0.4, 0.5) is 8.78 Å². The number of aliphatic hydroxyl groups is 1. The second-order valence-electron chi connectivity index (χ2n) is 2.46. The monoisotopic (exact) mass is 315 g/mol. The Labute approximate surface area is 93.2 Å². The lowest BCUT2D eigenvalue weighted by Crippen LogP contribution is -2.02. The lowest BCUT2D eigenvalue weighted by Gasteiger charge is -2.09. The van der Waals surface area contributed by atoms with E-state index in [0.717, 1.165) is 0 Å². The zero-order valence-electron chi connectivity index (χ0n) is 7.30. The molecule has 0 fully saturated rings. The molecule has 1 aromatic heterocycles. The Bertz CT molecular complexity index is 333. The van der Waals surface area contributed by atoms with Gasteiger partial charge in [-0.05, 0) is 28.7 Å². The lowest BCUT2D eigenvalue weighted by molar-refractivity contribution is 0.143. The lowest BCUT2D eigenvalue weighted by atomic mass is 10.3. The summed E-state index contributed by atoms with van der Waals surface area (Å²) >= 11 is 1.75. The Morgan fingerprint density at radius 3 is 2.71 bits per heavy atom. The van der Waals surface area contributed by atoms with Gasteiger partial charge in [-0.3, -0.25) is 0 Å². The molecule has 0 aliphatic rings. The van der Waals surface area contributed by atoms with Crippen molar-refractivity contribution in [2.45, 2.75) is 13.0 Å². The van der Waals surface area contributed by atoms with Crippen molar-refractivity contribution in [2.75, 3.05) is 7.11 Å². The highest BCUT2D eigenvalue weighted by Gasteiger charge is 2.17. The van der Waals surface area contributed by atoms with E-state index in [2.05, 4.69) is 4.98 Å². The molecular weight excluding hydrogens is 307 g/mol. The number of halogens is 3. The first-order valence-corrected chi connectivity index (χ1v) is 4.80. The average Bonchev–Trinajstić information content (AvgIpc) is 2.16. The first-order valence-electron chi connectivity index (χ1n) is 3.72. The molecule has 78 valence electrons. The highest BCUT2D eigenvalue weighted by molar-refractivity contribution is 14.1. The predicted octanol–water partition coefficient (Wildman–Crippen LogP) is 2.12. The van der Waals surface area contributed by atoms with Gasteiger partial charge >= 0.3 is 0 Å². The van der Waals surface area contributed by atoms with Crippen LogP contribution in [0.3, 0.4) is 0 Å². The van der Waals surface area contributed by atoms with Crippen molar-refractivity contribution in [3.63, 3.8) is 0 Å². The van der Waals surface area contributed by atoms with Crippen LogP contribution in [0.1, 0.15) is 17.8 Å². The fraction of sp³-hybridized carbons (Fsp3) is 0.375. The first kappa shape index (κ1) is 11.6. The minimum absolute atomic E-state index is 0.128. The molecule has 1 aromatic rings. The Kier molecular flexibility index (Phi) is 3.99. The maximum Gasteiger partial charge on any atom is 0.281 e. The zero-order chi connectivity index (χ0) is 10.7. The summed E-state index contributed by atoms with van der Waals surface area (Å²) in [7, 11) is 1.40. The van der Waals surface area contributed by atoms with Crippen LogP contribution < -0.4 is 4.74 Å². The first-order chi connectivity index (χ1) is 6.60. The van der Waals surface area contributed by atoms with Crippen LogP contribution in [0, 0.1) is 3.57 Å². The van der Waals surface area contributed by atoms with Gasteiger partial charge in [-0.2, -0.15) is 0 Å². The van der Waals surface area contributed by atoms with Gasteiger partial charge < -0.3 is 9.84 Å². The molecule has 0 radical (unpaired) electrons. The van der Waals surface area contributed by atoms with E-state index in [4.69, 9.17) is 9.84 Å². The second-order valence-corrected chi connectivity index (χ2v) is 3.63. The molecule has 1 N–H and O–H groups in total. The van der Waals surface area contributed by atoms with Gasteiger partial charge in [0.1, 0.15) is 17.1 Å². The van der Waals surface area contributed by atoms with E-state index in [-0.39, 0.29) is 11.4 Å². The van der Waals surface area contributed by atoms with Gasteiger partial charge in [0.25, 0.3) is 6.43 Å². The molecule has 0 saturated carbocycles. The molecule has 1 rings (SSSR count). The second kappa shape index (κ2) is 4.83. The van der Waals surface area contributed by atoms with Crippen molar-refractivity contribution in [3.05, 3.63) is 21.0 Å². The molecule has 0 aliphatic carbocycles. The van der Waals surface area contributed by atoms with E-state index < -0.39 is 13.0 Å². The number of alkyl halides is 2. The molecular formula is C8H8F2INO2. The van der Waals surface area contributed by atoms with Crippen molar-refractivity contribution in [1.82, 2.24) is 4.98 Å². The van der Waals surface area contributed by atoms with E-state index >= 15 is 0 Å². The van der Waals surface area contributed by atoms with Crippen LogP contribution >= 0.6 is 22.6 Å². The van der Waals surface area contributed by atoms with E-state index in [1.54, 1.807) is 22.6 Å². The number of aliphatic hydroxyl groups excluding tert-OH is 1. The number of methoxy groups -OCH3 is 1. The standard InChI is InChI=1S/C8H8F2INO2/c1-14-6-2-4(11)7(8(9)10)12-5(6)3-13/h2,8,13H,3H2,1H3. The van der Waals surface area contributed by atoms with Crippen molar-refractivity contribution in [2.24, 2.45) is 0 Å². The smallest absolute Gasteiger partial charge is 0.281 e. The molecule has 0 atom stereocenters. The summed E-state index contributed by atoms with van der Waals surface area (Å²) in [6, 6.07) is 1.43. The molecule has 0 spiro atoms. The maximum atomic E-state index is 12.4. The van der Waals surface area contributed by atoms with E-state index in [1.807, 2.05) is 0 Å². The minimum atomic E-state index is -2.64. The largest absolute Gasteiger partial charge is 0.495 e. The van der Waals surface area contributed by atoms with Gasteiger partial charge in [0.15, 0.2) is 0 Å². The van der Waals surface area contributed by atoms with Crippen LogP contribution in [-0.2, 0) is 6.61 Å². The topological polar surface area (TPSA) is 42.4 Å². The van der Waals surface area contributed by atoms with E-state index in [1.165, 1.54) is 13.2 Å². The fourth-order valence-electron chi connectivity index (χ4n) is 0.969. The molecule has 0 saturated heterocycles. The van der Waals surface area contributed by atoms with E-state index in [0.29, 0.717) is 9.32 Å². The SMILES string of the molecule is COc1cc(I)c(C(F)F)nc1CO. The van der Waals surface area contributed by atoms with Gasteiger partial charge in [0.2, 0.25) is 0 Å². The molecule has 0 bridgehead atoms. The van der Waals surface area contributed by atoms with Gasteiger partial charge in [-0.1, -0.05) is 0 Å². The number of nitrogens with zero attached hydrogens (tertiary/aromatic N) is 1. The highest BCUT2D eigenvalue weighted by atomic mass is 127. The van der Waals surface area contributed by atoms with Gasteiger partial charge in [-0.15, -0.1) is 0 Å². The summed E-state index contributed by atoms with van der Waals surface area (Å²) in [4.78, 5) is 3.63. The predicted molar refractivity (Wildman–Crippen MR) is 54.4 cm³/mol. The summed E-state index contributed by atoms with van der Waals surface area (Å²) in [6.07, 6.45) is -2.64. The summed E-state index contributed by atoms with van der Waals surface area (Å²) in [5.41, 5.74) is -0.196. The molecule has 3 nitrogen and oxygen atoms in total. The quantitative estimate of drug-likeness (QED) is 0.869. The average molecular weight is 315 g/mol. The molecule has 6 heteroatoms. The number of hydrogen-bond acceptors (Lipinski definition) is 3. The van der Waals surface area contributed by atoms with Crippen molar-refractivity contribution < 1.29 is 18.6 Å². The number of rotatable bonds is 3. The third kappa shape index (κ3) is 2.30. The molecule has 0 unspecified atom stereocenters. The van der Waals surface area contributed by atoms with Gasteiger partial charge in [0, 0.05) is 3.57 Å². The van der Waals surface area contributed by atoms with Crippen LogP contribution in [0.25, 0.3) is 0 Å². The van der Waals surface area contributed by atoms with E-state index in [9.17, 15) is 8.78 Å². The molecule has 1 heterocycles. The Balaban J connectivity index is 3.23. The maximum absolute atomic E-state index is 12.4. The van der Waals surface area contributed by atoms with Crippen LogP contribution in [0.15, 0.2) is 6.07 Å². The summed E-state index contributed by atoms with van der Waals surface area (Å²) in [5.74, 6) is 0.321. The van der Waals surface area contributed by atoms with Gasteiger partial charge in [0.05, 0.1) is 13.7 Å². The molecule has 0 aliphatic heterocycles. The third-order valence-corrected chi connectivity index (χ3v) is 2.48. The van der Waals surface area contributed by atoms with Crippen LogP contribution in [0.5, 0.6) is 5.75 Å². The van der Waals surface area contributed by atoms with Crippen molar-refractivity contribution in [3.8, 4) is 5.75 Å². The number of pyridine rings is 1. The number of hydrogen-bond donors (Lipinski definition) is 1. The van der Waals surface area contributed by atoms with Gasteiger partial charge in [-0.25, -0.2) is 13.8 Å². The molecule has 14 heavy (non-hydrogen) atoms. The minimum Gasteiger partial charge on any atom is -0.495 e. The Morgan fingerprint density at radius 2 is 2.29 bits per heavy atom. The van der Waals surface area contributed by atoms with Crippen LogP contribution in [0.2, 0.25) is 0 Å². The number of ether oxygens (including phenoxy) is 1. The third-order valence-electron chi connectivity index (χ3n) is 1.62. The molecule has 0 aromatic carbocycles. The summed E-state index contributed by atoms with van der Waals surface area (Å²) in [6.45, 7) is -0.417. The summed E-state index contributed by atoms with van der Waals surface area (Å²) in [5, 5.41) is 8.86. The highest BCUT2D eigenvalue weighted by Crippen LogP contribution is 2.27. The normalized spacial score (nSPS) is 10.7. The Hall–Kier alpha value is -0.500. The Morgan fingerprint density at radius 1 is 1.64 bits per heavy atom. The number of aromatic nitrogens is 1. The van der Waals surface area contributed by atoms with Crippen molar-refractivity contribution >= 4 is 22.6 Å². The fourth-order valence-corrected chi connectivity index (χ4v) is 1.61. The molecule has 0 amide bonds. The summed E-state index contributed by atoms with van der Waals surface area (Å²) < 4.78 is 30.0.